The Morgan fingerprint density at radius 3 is 1.74 bits per heavy atom. The summed E-state index contributed by atoms with van der Waals surface area (Å²) in [7, 11) is 0. The molecule has 0 fully saturated rings. The Hall–Kier alpha value is -1.84. The number of carboxylic acids is 1. The van der Waals surface area contributed by atoms with Crippen molar-refractivity contribution >= 4 is 11.9 Å². The van der Waals surface area contributed by atoms with Crippen molar-refractivity contribution in [2.45, 2.75) is 136 Å². The Morgan fingerprint density at radius 1 is 0.676 bits per heavy atom. The normalized spacial score (nSPS) is 11.0. The van der Waals surface area contributed by atoms with Crippen LogP contribution in [0.3, 0.4) is 0 Å². The van der Waals surface area contributed by atoms with Gasteiger partial charge in [0.25, 0.3) is 0 Å². The number of carbonyl (C=O) groups excluding carboxylic acids is 1. The minimum Gasteiger partial charge on any atom is -0.478 e. The number of hydrogen-bond acceptors (Lipinski definition) is 3. The van der Waals surface area contributed by atoms with Crippen LogP contribution in [-0.2, 0) is 17.6 Å². The van der Waals surface area contributed by atoms with Gasteiger partial charge in [-0.1, -0.05) is 110 Å². The van der Waals surface area contributed by atoms with Gasteiger partial charge in [0.2, 0.25) is 0 Å². The molecule has 1 N–H and O–H groups in total. The first kappa shape index (κ1) is 30.2. The van der Waals surface area contributed by atoms with E-state index in [1.54, 1.807) is 6.07 Å². The lowest BCUT2D eigenvalue weighted by Crippen LogP contribution is -2.16. The molecule has 34 heavy (non-hydrogen) atoms. The molecule has 0 bridgehead atoms. The summed E-state index contributed by atoms with van der Waals surface area (Å²) >= 11 is 0. The van der Waals surface area contributed by atoms with E-state index in [0.29, 0.717) is 13.0 Å². The Morgan fingerprint density at radius 2 is 1.18 bits per heavy atom. The molecule has 0 radical (unpaired) electrons. The van der Waals surface area contributed by atoms with E-state index in [2.05, 4.69) is 20.8 Å². The molecule has 0 aliphatic rings. The van der Waals surface area contributed by atoms with Crippen molar-refractivity contribution in [1.29, 1.82) is 0 Å². The van der Waals surface area contributed by atoms with Gasteiger partial charge in [0.05, 0.1) is 17.7 Å². The molecule has 0 saturated carbocycles. The fourth-order valence-corrected chi connectivity index (χ4v) is 4.50. The van der Waals surface area contributed by atoms with Crippen molar-refractivity contribution < 1.29 is 19.4 Å². The van der Waals surface area contributed by atoms with E-state index in [4.69, 9.17) is 4.74 Å². The summed E-state index contributed by atoms with van der Waals surface area (Å²) in [5.74, 6) is -1.51. The molecule has 1 rings (SSSR count). The number of esters is 1. The first-order valence-electron chi connectivity index (χ1n) is 14.1. The summed E-state index contributed by atoms with van der Waals surface area (Å²) in [6.45, 7) is 6.93. The third-order valence-corrected chi connectivity index (χ3v) is 6.56. The molecule has 0 amide bonds. The zero-order valence-corrected chi connectivity index (χ0v) is 22.3. The largest absolute Gasteiger partial charge is 0.478 e. The van der Waals surface area contributed by atoms with E-state index in [0.717, 1.165) is 62.5 Å². The molecule has 1 aromatic rings. The number of benzene rings is 1. The Balaban J connectivity index is 2.93. The van der Waals surface area contributed by atoms with Crippen molar-refractivity contribution in [1.82, 2.24) is 0 Å². The summed E-state index contributed by atoms with van der Waals surface area (Å²) < 4.78 is 5.51. The molecule has 0 spiro atoms. The lowest BCUT2D eigenvalue weighted by Gasteiger charge is -2.15. The van der Waals surface area contributed by atoms with Crippen LogP contribution in [0.4, 0.5) is 0 Å². The number of carboxylic acid groups (broad SMARTS) is 1. The maximum Gasteiger partial charge on any atom is 0.339 e. The Labute approximate surface area is 208 Å². The number of aromatic carboxylic acids is 1. The molecular formula is C30H50O4. The highest BCUT2D eigenvalue weighted by atomic mass is 16.5. The molecule has 1 aromatic carbocycles. The Bertz CT molecular complexity index is 695. The van der Waals surface area contributed by atoms with Gasteiger partial charge < -0.3 is 9.84 Å². The van der Waals surface area contributed by atoms with Crippen LogP contribution in [-0.4, -0.2) is 23.7 Å². The maximum atomic E-state index is 12.9. The minimum atomic E-state index is -1.02. The van der Waals surface area contributed by atoms with Crippen LogP contribution in [0.25, 0.3) is 0 Å². The van der Waals surface area contributed by atoms with Gasteiger partial charge in [-0.3, -0.25) is 0 Å². The molecule has 4 heteroatoms. The number of hydrogen-bond donors (Lipinski definition) is 1. The van der Waals surface area contributed by atoms with Gasteiger partial charge in [0, 0.05) is 0 Å². The van der Waals surface area contributed by atoms with Crippen molar-refractivity contribution in [3.8, 4) is 0 Å². The van der Waals surface area contributed by atoms with Crippen molar-refractivity contribution in [3.05, 3.63) is 34.4 Å². The van der Waals surface area contributed by atoms with E-state index in [-0.39, 0.29) is 11.1 Å². The van der Waals surface area contributed by atoms with E-state index in [1.807, 2.05) is 6.07 Å². The number of aryl methyl sites for hydroxylation is 2. The van der Waals surface area contributed by atoms with E-state index in [1.165, 1.54) is 57.8 Å². The second-order valence-electron chi connectivity index (χ2n) is 9.71. The number of unbranched alkanes of at least 4 members (excludes halogenated alkanes) is 13. The SMILES string of the molecule is CCCCCCCCc1cc(CCCCCCCC)c(C(=O)O)c(C(=O)OCCCCCC)c1. The maximum absolute atomic E-state index is 12.9. The van der Waals surface area contributed by atoms with E-state index < -0.39 is 11.9 Å². The average molecular weight is 475 g/mol. The van der Waals surface area contributed by atoms with Crippen molar-refractivity contribution in [2.75, 3.05) is 6.61 Å². The van der Waals surface area contributed by atoms with Gasteiger partial charge in [-0.15, -0.1) is 0 Å². The van der Waals surface area contributed by atoms with Crippen molar-refractivity contribution in [3.63, 3.8) is 0 Å². The minimum absolute atomic E-state index is 0.152. The summed E-state index contributed by atoms with van der Waals surface area (Å²) in [5, 5.41) is 9.99. The number of ether oxygens (including phenoxy) is 1. The van der Waals surface area contributed by atoms with Gasteiger partial charge in [-0.25, -0.2) is 9.59 Å². The molecule has 0 saturated heterocycles. The molecule has 0 aromatic heterocycles. The topological polar surface area (TPSA) is 63.6 Å². The van der Waals surface area contributed by atoms with Crippen LogP contribution in [0.5, 0.6) is 0 Å². The fourth-order valence-electron chi connectivity index (χ4n) is 4.50. The van der Waals surface area contributed by atoms with E-state index in [9.17, 15) is 14.7 Å². The molecule has 0 aliphatic heterocycles. The predicted molar refractivity (Wildman–Crippen MR) is 142 cm³/mol. The van der Waals surface area contributed by atoms with Crippen LogP contribution in [0, 0.1) is 0 Å². The van der Waals surface area contributed by atoms with E-state index >= 15 is 0 Å². The number of carbonyl (C=O) groups is 2. The average Bonchev–Trinajstić information content (AvgIpc) is 2.82. The monoisotopic (exact) mass is 474 g/mol. The highest BCUT2D eigenvalue weighted by molar-refractivity contribution is 6.03. The molecule has 0 aliphatic carbocycles. The smallest absolute Gasteiger partial charge is 0.339 e. The van der Waals surface area contributed by atoms with Gasteiger partial charge in [0.1, 0.15) is 0 Å². The fraction of sp³-hybridized carbons (Fsp3) is 0.733. The molecule has 194 valence electrons. The second kappa shape index (κ2) is 19.5. The van der Waals surface area contributed by atoms with Crippen LogP contribution in [0.2, 0.25) is 0 Å². The van der Waals surface area contributed by atoms with Gasteiger partial charge in [-0.05, 0) is 49.3 Å². The molecule has 0 atom stereocenters. The highest BCUT2D eigenvalue weighted by Gasteiger charge is 2.23. The summed E-state index contributed by atoms with van der Waals surface area (Å²) in [4.78, 5) is 25.1. The standard InChI is InChI=1S/C30H50O4/c1-4-7-10-13-15-17-20-25-23-26(21-18-16-14-11-8-5-2)28(29(31)32)27(24-25)30(33)34-22-19-12-9-6-3/h23-24H,4-22H2,1-3H3,(H,31,32). The summed E-state index contributed by atoms with van der Waals surface area (Å²) in [6.07, 6.45) is 19.9. The Kier molecular flexibility index (Phi) is 17.3. The molecule has 4 nitrogen and oxygen atoms in total. The van der Waals surface area contributed by atoms with Crippen LogP contribution >= 0.6 is 0 Å². The molecular weight excluding hydrogens is 424 g/mol. The number of rotatable bonds is 21. The highest BCUT2D eigenvalue weighted by Crippen LogP contribution is 2.24. The zero-order valence-electron chi connectivity index (χ0n) is 22.3. The van der Waals surface area contributed by atoms with Crippen molar-refractivity contribution in [2.24, 2.45) is 0 Å². The van der Waals surface area contributed by atoms with Crippen LogP contribution in [0.1, 0.15) is 155 Å². The third-order valence-electron chi connectivity index (χ3n) is 6.56. The lowest BCUT2D eigenvalue weighted by molar-refractivity contribution is 0.0487. The van der Waals surface area contributed by atoms with Gasteiger partial charge in [0.15, 0.2) is 0 Å². The first-order valence-corrected chi connectivity index (χ1v) is 14.1. The van der Waals surface area contributed by atoms with Crippen LogP contribution < -0.4 is 0 Å². The molecule has 0 unspecified atom stereocenters. The van der Waals surface area contributed by atoms with Crippen LogP contribution in [0.15, 0.2) is 12.1 Å². The third kappa shape index (κ3) is 12.6. The summed E-state index contributed by atoms with van der Waals surface area (Å²) in [6, 6.07) is 3.83. The van der Waals surface area contributed by atoms with Gasteiger partial charge >= 0.3 is 11.9 Å². The molecule has 0 heterocycles. The quantitative estimate of drug-likeness (QED) is 0.143. The lowest BCUT2D eigenvalue weighted by atomic mass is 9.92. The first-order chi connectivity index (χ1) is 16.5. The van der Waals surface area contributed by atoms with Gasteiger partial charge in [-0.2, -0.15) is 0 Å². The zero-order chi connectivity index (χ0) is 25.0. The predicted octanol–water partition coefficient (Wildman–Crippen LogP) is 8.93. The summed E-state index contributed by atoms with van der Waals surface area (Å²) in [5.41, 5.74) is 2.26. The second-order valence-corrected chi connectivity index (χ2v) is 9.71.